The second-order valence-corrected chi connectivity index (χ2v) is 11.1. The van der Waals surface area contributed by atoms with Crippen LogP contribution in [0, 0.1) is 19.8 Å². The van der Waals surface area contributed by atoms with Gasteiger partial charge in [-0.2, -0.15) is 9.41 Å². The lowest BCUT2D eigenvalue weighted by Crippen LogP contribution is -2.39. The van der Waals surface area contributed by atoms with Crippen molar-refractivity contribution in [3.05, 3.63) is 88.9 Å². The van der Waals surface area contributed by atoms with Gasteiger partial charge < -0.3 is 9.73 Å². The zero-order valence-electron chi connectivity index (χ0n) is 21.4. The van der Waals surface area contributed by atoms with E-state index in [1.54, 1.807) is 36.4 Å². The second-order valence-electron chi connectivity index (χ2n) is 9.18. The van der Waals surface area contributed by atoms with E-state index in [0.717, 1.165) is 16.7 Å². The SMILES string of the molecule is Cc1ccc(CN(Cc2ccc(/C=N/NC(=O)C(=O)NCC(C)C)o2)S(=O)(=O)c2ccc(C)cc2)cc1. The Bertz CT molecular complexity index is 1340. The quantitative estimate of drug-likeness (QED) is 0.239. The van der Waals surface area contributed by atoms with Crippen molar-refractivity contribution in [3.8, 4) is 0 Å². The molecule has 0 aliphatic rings. The van der Waals surface area contributed by atoms with Gasteiger partial charge in [0.15, 0.2) is 0 Å². The van der Waals surface area contributed by atoms with Crippen LogP contribution in [0.2, 0.25) is 0 Å². The lowest BCUT2D eigenvalue weighted by atomic mass is 10.1. The number of nitrogens with zero attached hydrogens (tertiary/aromatic N) is 2. The molecule has 0 saturated carbocycles. The van der Waals surface area contributed by atoms with E-state index >= 15 is 0 Å². The molecule has 0 saturated heterocycles. The van der Waals surface area contributed by atoms with Gasteiger partial charge in [0.05, 0.1) is 17.7 Å². The topological polar surface area (TPSA) is 121 Å². The van der Waals surface area contributed by atoms with Gasteiger partial charge in [0.25, 0.3) is 0 Å². The largest absolute Gasteiger partial charge is 0.459 e. The first-order chi connectivity index (χ1) is 17.5. The second kappa shape index (κ2) is 12.5. The maximum absolute atomic E-state index is 13.5. The van der Waals surface area contributed by atoms with Gasteiger partial charge in [-0.3, -0.25) is 9.59 Å². The number of nitrogens with one attached hydrogen (secondary N) is 2. The first kappa shape index (κ1) is 27.8. The number of hydrogen-bond acceptors (Lipinski definition) is 6. The van der Waals surface area contributed by atoms with Gasteiger partial charge in [-0.25, -0.2) is 13.8 Å². The van der Waals surface area contributed by atoms with E-state index in [4.69, 9.17) is 4.42 Å². The van der Waals surface area contributed by atoms with Crippen LogP contribution in [0.5, 0.6) is 0 Å². The summed E-state index contributed by atoms with van der Waals surface area (Å²) in [6, 6.07) is 17.6. The Kier molecular flexibility index (Phi) is 9.37. The van der Waals surface area contributed by atoms with Crippen LogP contribution in [-0.2, 0) is 32.7 Å². The molecule has 0 bridgehead atoms. The molecule has 0 radical (unpaired) electrons. The van der Waals surface area contributed by atoms with Crippen molar-refractivity contribution in [1.29, 1.82) is 0 Å². The Labute approximate surface area is 217 Å². The molecule has 0 aliphatic carbocycles. The average Bonchev–Trinajstić information content (AvgIpc) is 3.30. The van der Waals surface area contributed by atoms with Crippen molar-refractivity contribution >= 4 is 28.1 Å². The van der Waals surface area contributed by atoms with Crippen LogP contribution in [0.15, 0.2) is 75.1 Å². The number of hydrazone groups is 1. The molecule has 3 rings (SSSR count). The normalized spacial score (nSPS) is 11.8. The number of sulfonamides is 1. The summed E-state index contributed by atoms with van der Waals surface area (Å²) in [7, 11) is -3.83. The molecule has 37 heavy (non-hydrogen) atoms. The Balaban J connectivity index is 1.74. The van der Waals surface area contributed by atoms with Gasteiger partial charge in [0.1, 0.15) is 11.5 Å². The number of hydrogen-bond donors (Lipinski definition) is 2. The van der Waals surface area contributed by atoms with E-state index in [1.807, 2.05) is 52.0 Å². The molecule has 3 aromatic rings. The third kappa shape index (κ3) is 8.12. The van der Waals surface area contributed by atoms with Crippen LogP contribution >= 0.6 is 0 Å². The van der Waals surface area contributed by atoms with Crippen molar-refractivity contribution in [2.75, 3.05) is 6.54 Å². The molecule has 0 aliphatic heterocycles. The highest BCUT2D eigenvalue weighted by Gasteiger charge is 2.26. The number of rotatable bonds is 10. The Morgan fingerprint density at radius 1 is 0.919 bits per heavy atom. The zero-order valence-corrected chi connectivity index (χ0v) is 22.2. The third-order valence-electron chi connectivity index (χ3n) is 5.39. The van der Waals surface area contributed by atoms with E-state index in [2.05, 4.69) is 15.8 Å². The minimum absolute atomic E-state index is 0.0120. The lowest BCUT2D eigenvalue weighted by molar-refractivity contribution is -0.139. The number of aryl methyl sites for hydroxylation is 2. The van der Waals surface area contributed by atoms with Crippen LogP contribution in [0.3, 0.4) is 0 Å². The fourth-order valence-corrected chi connectivity index (χ4v) is 4.68. The van der Waals surface area contributed by atoms with E-state index in [1.165, 1.54) is 10.5 Å². The van der Waals surface area contributed by atoms with Crippen LogP contribution in [0.1, 0.15) is 42.1 Å². The fraction of sp³-hybridized carbons (Fsp3) is 0.296. The molecule has 196 valence electrons. The summed E-state index contributed by atoms with van der Waals surface area (Å²) < 4.78 is 34.1. The Hall–Kier alpha value is -3.76. The summed E-state index contributed by atoms with van der Waals surface area (Å²) in [6.07, 6.45) is 1.25. The van der Waals surface area contributed by atoms with Crippen molar-refractivity contribution in [2.45, 2.75) is 45.7 Å². The smallest absolute Gasteiger partial charge is 0.329 e. The maximum atomic E-state index is 13.5. The Morgan fingerprint density at radius 3 is 2.16 bits per heavy atom. The summed E-state index contributed by atoms with van der Waals surface area (Å²) >= 11 is 0. The highest BCUT2D eigenvalue weighted by atomic mass is 32.2. The predicted octanol–water partition coefficient (Wildman–Crippen LogP) is 3.51. The molecule has 0 unspecified atom stereocenters. The molecule has 0 atom stereocenters. The van der Waals surface area contributed by atoms with Gasteiger partial charge in [-0.1, -0.05) is 61.4 Å². The summed E-state index contributed by atoms with van der Waals surface area (Å²) in [4.78, 5) is 23.7. The number of amides is 2. The fourth-order valence-electron chi connectivity index (χ4n) is 3.29. The van der Waals surface area contributed by atoms with Gasteiger partial charge in [-0.15, -0.1) is 0 Å². The predicted molar refractivity (Wildman–Crippen MR) is 141 cm³/mol. The van der Waals surface area contributed by atoms with Crippen molar-refractivity contribution < 1.29 is 22.4 Å². The van der Waals surface area contributed by atoms with Crippen LogP contribution < -0.4 is 10.7 Å². The molecule has 2 amide bonds. The number of benzene rings is 2. The van der Waals surface area contributed by atoms with Crippen molar-refractivity contribution in [2.24, 2.45) is 11.0 Å². The number of carbonyl (C=O) groups excluding carboxylic acids is 2. The van der Waals surface area contributed by atoms with Gasteiger partial charge >= 0.3 is 11.8 Å². The minimum atomic E-state index is -3.83. The highest BCUT2D eigenvalue weighted by Crippen LogP contribution is 2.22. The summed E-state index contributed by atoms with van der Waals surface area (Å²) in [5, 5.41) is 6.25. The minimum Gasteiger partial charge on any atom is -0.459 e. The van der Waals surface area contributed by atoms with Crippen LogP contribution in [-0.4, -0.2) is 37.3 Å². The van der Waals surface area contributed by atoms with Gasteiger partial charge in [0, 0.05) is 13.1 Å². The van der Waals surface area contributed by atoms with Crippen LogP contribution in [0.4, 0.5) is 0 Å². The van der Waals surface area contributed by atoms with Crippen LogP contribution in [0.25, 0.3) is 0 Å². The van der Waals surface area contributed by atoms with E-state index in [-0.39, 0.29) is 23.9 Å². The first-order valence-electron chi connectivity index (χ1n) is 11.9. The summed E-state index contributed by atoms with van der Waals surface area (Å²) in [5.41, 5.74) is 5.03. The molecule has 0 fully saturated rings. The van der Waals surface area contributed by atoms with Gasteiger partial charge in [-0.05, 0) is 49.6 Å². The molecule has 1 heterocycles. The van der Waals surface area contributed by atoms with Gasteiger partial charge in [0.2, 0.25) is 10.0 Å². The number of furan rings is 1. The van der Waals surface area contributed by atoms with Crippen molar-refractivity contribution in [1.82, 2.24) is 15.0 Å². The highest BCUT2D eigenvalue weighted by molar-refractivity contribution is 7.89. The van der Waals surface area contributed by atoms with E-state index < -0.39 is 21.8 Å². The maximum Gasteiger partial charge on any atom is 0.329 e. The molecular formula is C27H32N4O5S. The first-order valence-corrected chi connectivity index (χ1v) is 13.3. The third-order valence-corrected chi connectivity index (χ3v) is 7.19. The van der Waals surface area contributed by atoms with E-state index in [9.17, 15) is 18.0 Å². The Morgan fingerprint density at radius 2 is 1.54 bits per heavy atom. The molecule has 2 aromatic carbocycles. The molecule has 0 spiro atoms. The summed E-state index contributed by atoms with van der Waals surface area (Å²) in [5.74, 6) is -0.774. The lowest BCUT2D eigenvalue weighted by Gasteiger charge is -2.21. The molecular weight excluding hydrogens is 492 g/mol. The zero-order chi connectivity index (χ0) is 27.0. The van der Waals surface area contributed by atoms with E-state index in [0.29, 0.717) is 18.1 Å². The average molecular weight is 525 g/mol. The van der Waals surface area contributed by atoms with Crippen molar-refractivity contribution in [3.63, 3.8) is 0 Å². The standard InChI is InChI=1S/C27H32N4O5S/c1-19(2)15-28-26(32)27(33)30-29-16-23-11-12-24(36-23)18-31(17-22-9-5-20(3)6-10-22)37(34,35)25-13-7-21(4)8-14-25/h5-14,16,19H,15,17-18H2,1-4H3,(H,28,32)(H,30,33)/b29-16+. The molecule has 10 heteroatoms. The molecule has 2 N–H and O–H groups in total. The molecule has 1 aromatic heterocycles. The molecule has 9 nitrogen and oxygen atoms in total. The summed E-state index contributed by atoms with van der Waals surface area (Å²) in [6.45, 7) is 8.22. The number of carbonyl (C=O) groups is 2. The monoisotopic (exact) mass is 524 g/mol.